The maximum Gasteiger partial charge on any atom is 0.343 e. The molecule has 0 saturated heterocycles. The summed E-state index contributed by atoms with van der Waals surface area (Å²) >= 11 is 0. The number of unbranched alkanes of at least 4 members (excludes halogenated alkanes) is 14. The van der Waals surface area contributed by atoms with Crippen LogP contribution in [0.15, 0.2) is 66.9 Å². The third-order valence-electron chi connectivity index (χ3n) is 7.87. The summed E-state index contributed by atoms with van der Waals surface area (Å²) in [7, 11) is 0. The lowest BCUT2D eigenvalue weighted by molar-refractivity contribution is 0.0734. The van der Waals surface area contributed by atoms with Gasteiger partial charge in [0.1, 0.15) is 11.5 Å². The molecule has 228 valence electrons. The van der Waals surface area contributed by atoms with E-state index in [1.54, 1.807) is 12.3 Å². The lowest BCUT2D eigenvalue weighted by Gasteiger charge is -2.08. The molecule has 0 aliphatic heterocycles. The van der Waals surface area contributed by atoms with Crippen molar-refractivity contribution in [2.75, 3.05) is 6.61 Å². The van der Waals surface area contributed by atoms with E-state index in [1.165, 1.54) is 102 Å². The molecule has 0 aliphatic carbocycles. The highest BCUT2D eigenvalue weighted by molar-refractivity contribution is 5.91. The molecular formula is C38H53NO3. The van der Waals surface area contributed by atoms with Crippen LogP contribution in [0.2, 0.25) is 0 Å². The van der Waals surface area contributed by atoms with Crippen molar-refractivity contribution in [3.63, 3.8) is 0 Å². The molecule has 0 saturated carbocycles. The summed E-state index contributed by atoms with van der Waals surface area (Å²) < 4.78 is 11.5. The van der Waals surface area contributed by atoms with Crippen molar-refractivity contribution in [2.45, 2.75) is 123 Å². The lowest BCUT2D eigenvalue weighted by atomic mass is 10.0. The number of hydrogen-bond acceptors (Lipinski definition) is 4. The number of benzene rings is 2. The maximum absolute atomic E-state index is 12.7. The van der Waals surface area contributed by atoms with Gasteiger partial charge in [-0.05, 0) is 73.4 Å². The Hall–Kier alpha value is -3.14. The molecule has 4 heteroatoms. The molecule has 0 N–H and O–H groups in total. The minimum Gasteiger partial charge on any atom is -0.494 e. The normalized spacial score (nSPS) is 11.0. The second kappa shape index (κ2) is 20.7. The van der Waals surface area contributed by atoms with Crippen LogP contribution in [0.4, 0.5) is 0 Å². The van der Waals surface area contributed by atoms with E-state index >= 15 is 0 Å². The third kappa shape index (κ3) is 13.2. The number of pyridine rings is 1. The molecule has 3 aromatic rings. The molecule has 1 aromatic heterocycles. The van der Waals surface area contributed by atoms with Gasteiger partial charge in [-0.2, -0.15) is 0 Å². The fourth-order valence-electron chi connectivity index (χ4n) is 5.20. The summed E-state index contributed by atoms with van der Waals surface area (Å²) in [6.45, 7) is 5.28. The van der Waals surface area contributed by atoms with Gasteiger partial charge < -0.3 is 9.47 Å². The number of carbonyl (C=O) groups excluding carboxylic acids is 1. The summed E-state index contributed by atoms with van der Waals surface area (Å²) in [4.78, 5) is 17.2. The SMILES string of the molecule is CCCCCCCCCCOc1ccc(-c2ccc(OC(=O)c3ccc(CCCCCCCCCC)cc3)cn2)cc1. The quantitative estimate of drug-likeness (QED) is 0.0889. The van der Waals surface area contributed by atoms with E-state index in [-0.39, 0.29) is 5.97 Å². The molecule has 0 unspecified atom stereocenters. The Labute approximate surface area is 255 Å². The van der Waals surface area contributed by atoms with E-state index in [4.69, 9.17) is 9.47 Å². The van der Waals surface area contributed by atoms with Crippen LogP contribution in [0.1, 0.15) is 133 Å². The van der Waals surface area contributed by atoms with Gasteiger partial charge in [-0.1, -0.05) is 116 Å². The number of aromatic nitrogens is 1. The molecule has 0 bridgehead atoms. The van der Waals surface area contributed by atoms with Crippen LogP contribution in [-0.4, -0.2) is 17.6 Å². The maximum atomic E-state index is 12.7. The lowest BCUT2D eigenvalue weighted by Crippen LogP contribution is -2.08. The molecule has 0 amide bonds. The zero-order valence-corrected chi connectivity index (χ0v) is 26.3. The standard InChI is InChI=1S/C38H53NO3/c1-3-5-7-9-11-13-15-17-19-32-20-22-34(23-21-32)38(40)42-36-28-29-37(39-31-36)33-24-26-35(27-25-33)41-30-18-16-14-12-10-8-6-4-2/h20-29,31H,3-19,30H2,1-2H3. The first kappa shape index (κ1) is 33.4. The molecule has 0 aliphatic rings. The van der Waals surface area contributed by atoms with Gasteiger partial charge in [0.25, 0.3) is 0 Å². The molecule has 3 rings (SSSR count). The first-order chi connectivity index (χ1) is 20.7. The van der Waals surface area contributed by atoms with E-state index in [0.29, 0.717) is 11.3 Å². The van der Waals surface area contributed by atoms with Crippen molar-refractivity contribution in [2.24, 2.45) is 0 Å². The molecule has 0 atom stereocenters. The zero-order chi connectivity index (χ0) is 29.7. The van der Waals surface area contributed by atoms with Crippen LogP contribution in [-0.2, 0) is 6.42 Å². The Balaban J connectivity index is 1.34. The number of hydrogen-bond donors (Lipinski definition) is 0. The van der Waals surface area contributed by atoms with Gasteiger partial charge in [-0.15, -0.1) is 0 Å². The minimum atomic E-state index is -0.360. The largest absolute Gasteiger partial charge is 0.494 e. The minimum absolute atomic E-state index is 0.360. The molecule has 4 nitrogen and oxygen atoms in total. The van der Waals surface area contributed by atoms with E-state index in [2.05, 4.69) is 18.8 Å². The second-order valence-corrected chi connectivity index (χ2v) is 11.5. The molecule has 42 heavy (non-hydrogen) atoms. The van der Waals surface area contributed by atoms with Gasteiger partial charge in [0.05, 0.1) is 24.1 Å². The fourth-order valence-corrected chi connectivity index (χ4v) is 5.20. The van der Waals surface area contributed by atoms with Crippen LogP contribution in [0.25, 0.3) is 11.3 Å². The summed E-state index contributed by atoms with van der Waals surface area (Å²) in [5.74, 6) is 0.967. The van der Waals surface area contributed by atoms with Crippen molar-refractivity contribution in [3.05, 3.63) is 78.0 Å². The highest BCUT2D eigenvalue weighted by atomic mass is 16.5. The molecule has 2 aromatic carbocycles. The van der Waals surface area contributed by atoms with Crippen molar-refractivity contribution in [1.82, 2.24) is 4.98 Å². The summed E-state index contributed by atoms with van der Waals surface area (Å²) in [6.07, 6.45) is 23.6. The Morgan fingerprint density at radius 2 is 1.14 bits per heavy atom. The van der Waals surface area contributed by atoms with E-state index in [1.807, 2.05) is 54.6 Å². The van der Waals surface area contributed by atoms with E-state index in [9.17, 15) is 4.79 Å². The smallest absolute Gasteiger partial charge is 0.343 e. The van der Waals surface area contributed by atoms with Gasteiger partial charge in [-0.25, -0.2) is 4.79 Å². The van der Waals surface area contributed by atoms with E-state index in [0.717, 1.165) is 36.5 Å². The van der Waals surface area contributed by atoms with Crippen LogP contribution in [0, 0.1) is 0 Å². The predicted octanol–water partition coefficient (Wildman–Crippen LogP) is 11.2. The van der Waals surface area contributed by atoms with Gasteiger partial charge in [0.15, 0.2) is 0 Å². The average Bonchev–Trinajstić information content (AvgIpc) is 3.02. The Bertz CT molecular complexity index is 1110. The number of esters is 1. The Morgan fingerprint density at radius 3 is 1.71 bits per heavy atom. The third-order valence-corrected chi connectivity index (χ3v) is 7.87. The van der Waals surface area contributed by atoms with Crippen LogP contribution in [0.3, 0.4) is 0 Å². The average molecular weight is 572 g/mol. The predicted molar refractivity (Wildman–Crippen MR) is 175 cm³/mol. The summed E-state index contributed by atoms with van der Waals surface area (Å²) in [5.41, 5.74) is 3.66. The first-order valence-electron chi connectivity index (χ1n) is 16.7. The second-order valence-electron chi connectivity index (χ2n) is 11.5. The van der Waals surface area contributed by atoms with Gasteiger partial charge in [-0.3, -0.25) is 4.98 Å². The molecular weight excluding hydrogens is 518 g/mol. The molecule has 0 fully saturated rings. The van der Waals surface area contributed by atoms with Crippen molar-refractivity contribution >= 4 is 5.97 Å². The van der Waals surface area contributed by atoms with Crippen molar-refractivity contribution in [1.29, 1.82) is 0 Å². The highest BCUT2D eigenvalue weighted by Gasteiger charge is 2.10. The molecule has 1 heterocycles. The first-order valence-corrected chi connectivity index (χ1v) is 16.7. The Morgan fingerprint density at radius 1 is 0.595 bits per heavy atom. The van der Waals surface area contributed by atoms with Gasteiger partial charge in [0.2, 0.25) is 0 Å². The van der Waals surface area contributed by atoms with Crippen LogP contribution < -0.4 is 9.47 Å². The summed E-state index contributed by atoms with van der Waals surface area (Å²) in [5, 5.41) is 0. The summed E-state index contributed by atoms with van der Waals surface area (Å²) in [6, 6.07) is 19.5. The monoisotopic (exact) mass is 571 g/mol. The Kier molecular flexibility index (Phi) is 16.4. The fraction of sp³-hybridized carbons (Fsp3) is 0.526. The number of aryl methyl sites for hydroxylation is 1. The molecule has 0 spiro atoms. The highest BCUT2D eigenvalue weighted by Crippen LogP contribution is 2.23. The molecule has 0 radical (unpaired) electrons. The van der Waals surface area contributed by atoms with Crippen LogP contribution in [0.5, 0.6) is 11.5 Å². The van der Waals surface area contributed by atoms with Crippen molar-refractivity contribution < 1.29 is 14.3 Å². The van der Waals surface area contributed by atoms with Crippen molar-refractivity contribution in [3.8, 4) is 22.8 Å². The topological polar surface area (TPSA) is 48.4 Å². The number of rotatable bonds is 22. The van der Waals surface area contributed by atoms with Gasteiger partial charge >= 0.3 is 5.97 Å². The number of nitrogens with zero attached hydrogens (tertiary/aromatic N) is 1. The zero-order valence-electron chi connectivity index (χ0n) is 26.3. The number of carbonyl (C=O) groups is 1. The van der Waals surface area contributed by atoms with Gasteiger partial charge in [0, 0.05) is 5.56 Å². The van der Waals surface area contributed by atoms with E-state index < -0.39 is 0 Å². The van der Waals surface area contributed by atoms with Crippen LogP contribution >= 0.6 is 0 Å². The number of ether oxygens (including phenoxy) is 2.